The van der Waals surface area contributed by atoms with Gasteiger partial charge in [0.2, 0.25) is 23.6 Å². The zero-order valence-corrected chi connectivity index (χ0v) is 44.5. The van der Waals surface area contributed by atoms with Gasteiger partial charge in [0.1, 0.15) is 23.5 Å². The Balaban J connectivity index is 0.000000211. The lowest BCUT2D eigenvalue weighted by molar-refractivity contribution is -0.121. The van der Waals surface area contributed by atoms with Crippen LogP contribution in [0.3, 0.4) is 0 Å². The van der Waals surface area contributed by atoms with Gasteiger partial charge in [-0.15, -0.1) is 0 Å². The summed E-state index contributed by atoms with van der Waals surface area (Å²) in [5.41, 5.74) is 3.00. The third-order valence-corrected chi connectivity index (χ3v) is 15.1. The van der Waals surface area contributed by atoms with Crippen molar-refractivity contribution in [3.05, 3.63) is 116 Å². The van der Waals surface area contributed by atoms with Crippen molar-refractivity contribution in [2.45, 2.75) is 180 Å². The zero-order valence-electron chi connectivity index (χ0n) is 43.0. The summed E-state index contributed by atoms with van der Waals surface area (Å²) in [6.07, 6.45) is 7.57. The summed E-state index contributed by atoms with van der Waals surface area (Å²) in [5, 5.41) is 36.2. The average molecular weight is 1040 g/mol. The van der Waals surface area contributed by atoms with Crippen molar-refractivity contribution in [3.8, 4) is 11.8 Å². The van der Waals surface area contributed by atoms with Gasteiger partial charge >= 0.3 is 0 Å². The summed E-state index contributed by atoms with van der Waals surface area (Å²) < 4.78 is 42.9. The van der Waals surface area contributed by atoms with E-state index in [1.54, 1.807) is 36.7 Å². The standard InChI is InChI=1S/2C28H37ClFN3O3/c2*1-17(34)33-22(12-18-6-8-20(29)9-7-18)24(35)16-31-23-14-28(10-5-11-28)36-26-21(23)13-19(15-32-26)25(30)27(2,3)4/h2*6-9,13,15,22-25,31,35H,5,10-12,14,16H2,1-4H3,(H,33,34)/t22-,23-,24+,25+;22-,23-,24+,25-/m00/s1. The minimum Gasteiger partial charge on any atom is -0.471 e. The Morgan fingerprint density at radius 1 is 0.653 bits per heavy atom. The smallest absolute Gasteiger partial charge is 0.218 e. The molecule has 2 aliphatic carbocycles. The highest BCUT2D eigenvalue weighted by Crippen LogP contribution is 2.51. The van der Waals surface area contributed by atoms with Gasteiger partial charge in [-0.25, -0.2) is 18.7 Å². The Bertz CT molecular complexity index is 2310. The SMILES string of the molecule is CC(=O)N[C@@H](Cc1ccc(Cl)cc1)[C@H](O)CN[C@H]1CC2(CCC2)Oc2ncc([C@@H](F)C(C)(C)C)cc21.CC(=O)N[C@@H](Cc1ccc(Cl)cc1)[C@H](O)CN[C@H]1CC2(CCC2)Oc2ncc([C@H](F)C(C)(C)C)cc21. The molecule has 4 aromatic rings. The van der Waals surface area contributed by atoms with E-state index in [2.05, 4.69) is 31.2 Å². The normalized spacial score (nSPS) is 21.0. The molecule has 2 spiro atoms. The van der Waals surface area contributed by atoms with Gasteiger partial charge < -0.3 is 41.0 Å². The summed E-state index contributed by atoms with van der Waals surface area (Å²) in [6.45, 7) is 14.6. The highest BCUT2D eigenvalue weighted by Gasteiger charge is 2.48. The van der Waals surface area contributed by atoms with Crippen molar-refractivity contribution in [1.82, 2.24) is 31.2 Å². The molecule has 2 aromatic heterocycles. The zero-order chi connectivity index (χ0) is 52.2. The molecule has 2 aromatic carbocycles. The van der Waals surface area contributed by atoms with Gasteiger partial charge in [0.15, 0.2) is 0 Å². The van der Waals surface area contributed by atoms with Crippen molar-refractivity contribution in [1.29, 1.82) is 0 Å². The molecule has 2 aliphatic heterocycles. The first-order valence-electron chi connectivity index (χ1n) is 25.4. The van der Waals surface area contributed by atoms with E-state index in [9.17, 15) is 19.8 Å². The number of pyridine rings is 2. The average Bonchev–Trinajstić information content (AvgIpc) is 3.30. The molecule has 0 radical (unpaired) electrons. The molecular weight excluding hydrogens is 962 g/mol. The van der Waals surface area contributed by atoms with Crippen LogP contribution >= 0.6 is 23.2 Å². The van der Waals surface area contributed by atoms with Crippen LogP contribution in [0.5, 0.6) is 11.8 Å². The third-order valence-electron chi connectivity index (χ3n) is 14.6. The second-order valence-electron chi connectivity index (χ2n) is 22.8. The van der Waals surface area contributed by atoms with Crippen LogP contribution in [-0.2, 0) is 22.4 Å². The molecule has 4 aliphatic rings. The van der Waals surface area contributed by atoms with E-state index in [4.69, 9.17) is 32.7 Å². The van der Waals surface area contributed by atoms with Crippen LogP contribution in [0, 0.1) is 10.8 Å². The van der Waals surface area contributed by atoms with Crippen LogP contribution in [0.4, 0.5) is 8.78 Å². The Morgan fingerprint density at radius 2 is 1.00 bits per heavy atom. The number of aromatic nitrogens is 2. The summed E-state index contributed by atoms with van der Waals surface area (Å²) in [6, 6.07) is 17.2. The lowest BCUT2D eigenvalue weighted by atomic mass is 9.73. The number of fused-ring (bicyclic) bond motifs is 2. The number of nitrogens with zero attached hydrogens (tertiary/aromatic N) is 2. The van der Waals surface area contributed by atoms with Crippen LogP contribution in [0.2, 0.25) is 10.0 Å². The molecule has 392 valence electrons. The van der Waals surface area contributed by atoms with E-state index < -0.39 is 47.5 Å². The monoisotopic (exact) mass is 1030 g/mol. The lowest BCUT2D eigenvalue weighted by Crippen LogP contribution is -2.52. The fourth-order valence-corrected chi connectivity index (χ4v) is 10.4. The summed E-state index contributed by atoms with van der Waals surface area (Å²) >= 11 is 12.0. The molecule has 2 fully saturated rings. The molecule has 2 saturated carbocycles. The Labute approximate surface area is 434 Å². The predicted molar refractivity (Wildman–Crippen MR) is 278 cm³/mol. The number of carbonyl (C=O) groups is 2. The second-order valence-corrected chi connectivity index (χ2v) is 23.7. The number of ether oxygens (including phenoxy) is 2. The molecule has 0 bridgehead atoms. The Kier molecular flexibility index (Phi) is 17.7. The summed E-state index contributed by atoms with van der Waals surface area (Å²) in [7, 11) is 0. The first-order valence-corrected chi connectivity index (χ1v) is 26.2. The van der Waals surface area contributed by atoms with Gasteiger partial charge in [-0.3, -0.25) is 9.59 Å². The summed E-state index contributed by atoms with van der Waals surface area (Å²) in [4.78, 5) is 32.8. The molecule has 8 atom stereocenters. The van der Waals surface area contributed by atoms with E-state index in [1.165, 1.54) is 13.8 Å². The maximum absolute atomic E-state index is 15.2. The number of rotatable bonds is 16. The van der Waals surface area contributed by atoms with Gasteiger partial charge in [-0.2, -0.15) is 0 Å². The van der Waals surface area contributed by atoms with Crippen LogP contribution in [-0.4, -0.2) is 80.6 Å². The van der Waals surface area contributed by atoms with Gasteiger partial charge in [-0.05, 0) is 110 Å². The van der Waals surface area contributed by atoms with Gasteiger partial charge in [0, 0.05) is 96.6 Å². The largest absolute Gasteiger partial charge is 0.471 e. The molecule has 6 N–H and O–H groups in total. The van der Waals surface area contributed by atoms with Crippen molar-refractivity contribution in [2.75, 3.05) is 13.1 Å². The van der Waals surface area contributed by atoms with Crippen molar-refractivity contribution >= 4 is 35.0 Å². The van der Waals surface area contributed by atoms with Gasteiger partial charge in [0.05, 0.1) is 24.3 Å². The Morgan fingerprint density at radius 3 is 1.29 bits per heavy atom. The first kappa shape index (κ1) is 55.3. The van der Waals surface area contributed by atoms with Crippen LogP contribution in [0.15, 0.2) is 73.1 Å². The lowest BCUT2D eigenvalue weighted by Gasteiger charge is -2.47. The molecule has 2 amide bonds. The number of amides is 2. The maximum Gasteiger partial charge on any atom is 0.218 e. The molecule has 0 saturated heterocycles. The minimum absolute atomic E-state index is 0.142. The number of carbonyl (C=O) groups excluding carboxylic acids is 2. The molecule has 12 nitrogen and oxygen atoms in total. The quantitative estimate of drug-likeness (QED) is 0.0636. The van der Waals surface area contributed by atoms with Crippen molar-refractivity contribution < 1.29 is 38.1 Å². The molecule has 72 heavy (non-hydrogen) atoms. The fourth-order valence-electron chi connectivity index (χ4n) is 10.1. The number of alkyl halides is 2. The summed E-state index contributed by atoms with van der Waals surface area (Å²) in [5.74, 6) is 0.667. The molecule has 4 heterocycles. The Hall–Kier alpha value is -4.44. The van der Waals surface area contributed by atoms with E-state index in [-0.39, 0.29) is 48.2 Å². The van der Waals surface area contributed by atoms with Crippen molar-refractivity contribution in [3.63, 3.8) is 0 Å². The number of hydrogen-bond donors (Lipinski definition) is 6. The minimum atomic E-state index is -1.16. The van der Waals surface area contributed by atoms with E-state index in [1.807, 2.05) is 77.9 Å². The van der Waals surface area contributed by atoms with Gasteiger partial charge in [-0.1, -0.05) is 89.0 Å². The number of halogens is 4. The fraction of sp³-hybridized carbons (Fsp3) is 0.571. The first-order chi connectivity index (χ1) is 33.9. The van der Waals surface area contributed by atoms with Crippen LogP contribution in [0.25, 0.3) is 0 Å². The highest BCUT2D eigenvalue weighted by atomic mass is 35.5. The van der Waals surface area contributed by atoms with E-state index in [0.717, 1.165) is 73.6 Å². The topological polar surface area (TPSA) is 167 Å². The van der Waals surface area contributed by atoms with Gasteiger partial charge in [0.25, 0.3) is 0 Å². The van der Waals surface area contributed by atoms with Crippen molar-refractivity contribution in [2.24, 2.45) is 10.8 Å². The maximum atomic E-state index is 15.2. The molecule has 0 unspecified atom stereocenters. The number of aliphatic hydroxyl groups excluding tert-OH is 2. The third kappa shape index (κ3) is 14.0. The van der Waals surface area contributed by atoms with E-state index in [0.29, 0.717) is 45.8 Å². The number of nitrogens with one attached hydrogen (secondary N) is 4. The second kappa shape index (κ2) is 23.0. The van der Waals surface area contributed by atoms with Crippen LogP contribution in [0.1, 0.15) is 165 Å². The van der Waals surface area contributed by atoms with E-state index >= 15 is 8.78 Å². The molecule has 16 heteroatoms. The predicted octanol–water partition coefficient (Wildman–Crippen LogP) is 10.5. The highest BCUT2D eigenvalue weighted by molar-refractivity contribution is 6.30. The number of benzene rings is 2. The number of hydrogen-bond acceptors (Lipinski definition) is 10. The molecule has 8 rings (SSSR count). The number of aliphatic hydroxyl groups is 2. The van der Waals surface area contributed by atoms with Crippen LogP contribution < -0.4 is 30.7 Å². The molecular formula is C56H74Cl2F2N6O6.